The van der Waals surface area contributed by atoms with Crippen LogP contribution in [0.15, 0.2) is 48.7 Å². The van der Waals surface area contributed by atoms with E-state index in [9.17, 15) is 0 Å². The summed E-state index contributed by atoms with van der Waals surface area (Å²) < 4.78 is 0. The Bertz CT molecular complexity index is 389. The Hall–Kier alpha value is -1.50. The largest absolute Gasteiger partial charge is 0.361 e. The first-order valence-corrected chi connectivity index (χ1v) is 4.90. The van der Waals surface area contributed by atoms with Crippen molar-refractivity contribution in [3.63, 3.8) is 0 Å². The summed E-state index contributed by atoms with van der Waals surface area (Å²) in [6.45, 7) is 4.40. The monoisotopic (exact) mass is 185 g/mol. The summed E-state index contributed by atoms with van der Waals surface area (Å²) in [4.78, 5) is 3.21. The van der Waals surface area contributed by atoms with Crippen molar-refractivity contribution in [3.8, 4) is 0 Å². The van der Waals surface area contributed by atoms with Gasteiger partial charge in [0.2, 0.25) is 0 Å². The third kappa shape index (κ3) is 1.87. The highest BCUT2D eigenvalue weighted by atomic mass is 14.7. The molecule has 0 spiro atoms. The van der Waals surface area contributed by atoms with Gasteiger partial charge < -0.3 is 4.98 Å². The number of aromatic amines is 1. The van der Waals surface area contributed by atoms with Gasteiger partial charge in [0, 0.05) is 17.3 Å². The van der Waals surface area contributed by atoms with E-state index < -0.39 is 0 Å². The molecule has 1 nitrogen and oxygen atoms in total. The molecule has 0 atom stereocenters. The fourth-order valence-corrected chi connectivity index (χ4v) is 1.50. The van der Waals surface area contributed by atoms with Gasteiger partial charge in [0.15, 0.2) is 0 Å². The minimum absolute atomic E-state index is 0.158. The van der Waals surface area contributed by atoms with Gasteiger partial charge >= 0.3 is 0 Å². The minimum atomic E-state index is 0.158. The number of aromatic nitrogens is 1. The van der Waals surface area contributed by atoms with Crippen LogP contribution in [0, 0.1) is 5.41 Å². The Morgan fingerprint density at radius 2 is 2.07 bits per heavy atom. The maximum absolute atomic E-state index is 3.21. The number of H-pyrrole nitrogens is 1. The second-order valence-corrected chi connectivity index (χ2v) is 4.22. The smallest absolute Gasteiger partial charge is 0.0453 e. The van der Waals surface area contributed by atoms with Crippen LogP contribution in [0.2, 0.25) is 0 Å². The van der Waals surface area contributed by atoms with E-state index in [1.54, 1.807) is 0 Å². The number of rotatable bonds is 1. The molecule has 1 aromatic heterocycles. The zero-order chi connectivity index (χ0) is 10.0. The molecule has 14 heavy (non-hydrogen) atoms. The first-order chi connectivity index (χ1) is 6.67. The summed E-state index contributed by atoms with van der Waals surface area (Å²) in [5.41, 5.74) is 2.56. The van der Waals surface area contributed by atoms with E-state index in [0.29, 0.717) is 0 Å². The zero-order valence-electron chi connectivity index (χ0n) is 8.62. The van der Waals surface area contributed by atoms with Crippen LogP contribution in [-0.4, -0.2) is 4.98 Å². The van der Waals surface area contributed by atoms with E-state index in [2.05, 4.69) is 55.3 Å². The summed E-state index contributed by atoms with van der Waals surface area (Å²) in [6, 6.07) is 4.10. The van der Waals surface area contributed by atoms with Gasteiger partial charge in [-0.1, -0.05) is 44.2 Å². The number of allylic oxidation sites excluding steroid dienone is 6. The SMILES string of the molecule is CC1(C)C=CC=C(c2ccc[nH]2)C=C1. The number of nitrogens with one attached hydrogen (secondary N) is 1. The molecular weight excluding hydrogens is 170 g/mol. The standard InChI is InChI=1S/C13H15N/c1-13(2)8-3-5-11(7-9-13)12-6-4-10-14-12/h3-10,14H,1-2H3. The van der Waals surface area contributed by atoms with E-state index in [1.165, 1.54) is 11.3 Å². The van der Waals surface area contributed by atoms with Gasteiger partial charge in [-0.15, -0.1) is 0 Å². The van der Waals surface area contributed by atoms with Crippen LogP contribution >= 0.6 is 0 Å². The molecule has 0 bridgehead atoms. The molecule has 1 aromatic rings. The number of hydrogen-bond acceptors (Lipinski definition) is 0. The molecule has 0 unspecified atom stereocenters. The highest BCUT2D eigenvalue weighted by Crippen LogP contribution is 2.25. The first kappa shape index (κ1) is 9.07. The average molecular weight is 185 g/mol. The zero-order valence-corrected chi connectivity index (χ0v) is 8.62. The van der Waals surface area contributed by atoms with Crippen molar-refractivity contribution in [2.24, 2.45) is 5.41 Å². The fourth-order valence-electron chi connectivity index (χ4n) is 1.50. The molecule has 72 valence electrons. The van der Waals surface area contributed by atoms with E-state index in [1.807, 2.05) is 12.3 Å². The molecule has 1 heteroatoms. The summed E-state index contributed by atoms with van der Waals surface area (Å²) in [7, 11) is 0. The van der Waals surface area contributed by atoms with E-state index in [0.717, 1.165) is 0 Å². The summed E-state index contributed by atoms with van der Waals surface area (Å²) in [5.74, 6) is 0. The van der Waals surface area contributed by atoms with Crippen molar-refractivity contribution in [1.29, 1.82) is 0 Å². The highest BCUT2D eigenvalue weighted by molar-refractivity contribution is 5.73. The highest BCUT2D eigenvalue weighted by Gasteiger charge is 2.10. The maximum atomic E-state index is 3.21. The molecule has 0 aliphatic heterocycles. The molecule has 1 heterocycles. The van der Waals surface area contributed by atoms with Crippen LogP contribution in [0.4, 0.5) is 0 Å². The molecule has 1 aliphatic carbocycles. The van der Waals surface area contributed by atoms with Gasteiger partial charge in [0.25, 0.3) is 0 Å². The normalized spacial score (nSPS) is 19.1. The molecule has 2 rings (SSSR count). The molecule has 1 N–H and O–H groups in total. The second kappa shape index (κ2) is 3.33. The summed E-state index contributed by atoms with van der Waals surface area (Å²) >= 11 is 0. The third-order valence-corrected chi connectivity index (χ3v) is 2.40. The molecule has 0 saturated carbocycles. The lowest BCUT2D eigenvalue weighted by Crippen LogP contribution is -2.00. The lowest BCUT2D eigenvalue weighted by atomic mass is 9.93. The Kier molecular flexibility index (Phi) is 2.16. The van der Waals surface area contributed by atoms with Crippen LogP contribution in [0.1, 0.15) is 19.5 Å². The Morgan fingerprint density at radius 1 is 1.21 bits per heavy atom. The maximum Gasteiger partial charge on any atom is 0.0453 e. The van der Waals surface area contributed by atoms with Crippen LogP contribution in [0.3, 0.4) is 0 Å². The van der Waals surface area contributed by atoms with Gasteiger partial charge in [0.1, 0.15) is 0 Å². The van der Waals surface area contributed by atoms with Gasteiger partial charge in [-0.2, -0.15) is 0 Å². The molecule has 1 aliphatic rings. The predicted octanol–water partition coefficient (Wildman–Crippen LogP) is 3.55. The lowest BCUT2D eigenvalue weighted by Gasteiger charge is -2.12. The van der Waals surface area contributed by atoms with Crippen molar-refractivity contribution >= 4 is 5.57 Å². The molecule has 0 aromatic carbocycles. The fraction of sp³-hybridized carbons (Fsp3) is 0.231. The molecular formula is C13H15N. The van der Waals surface area contributed by atoms with Crippen molar-refractivity contribution in [3.05, 3.63) is 54.4 Å². The van der Waals surface area contributed by atoms with E-state index in [-0.39, 0.29) is 5.41 Å². The van der Waals surface area contributed by atoms with Gasteiger partial charge in [-0.3, -0.25) is 0 Å². The van der Waals surface area contributed by atoms with E-state index >= 15 is 0 Å². The van der Waals surface area contributed by atoms with Crippen LogP contribution < -0.4 is 0 Å². The lowest BCUT2D eigenvalue weighted by molar-refractivity contribution is 0.627. The molecule has 0 fully saturated rings. The Balaban J connectivity index is 2.33. The molecule has 0 amide bonds. The summed E-state index contributed by atoms with van der Waals surface area (Å²) in [6.07, 6.45) is 12.8. The van der Waals surface area contributed by atoms with Crippen molar-refractivity contribution in [2.75, 3.05) is 0 Å². The van der Waals surface area contributed by atoms with E-state index in [4.69, 9.17) is 0 Å². The van der Waals surface area contributed by atoms with Gasteiger partial charge in [-0.05, 0) is 17.7 Å². The molecule has 0 radical (unpaired) electrons. The topological polar surface area (TPSA) is 15.8 Å². The minimum Gasteiger partial charge on any atom is -0.361 e. The van der Waals surface area contributed by atoms with Crippen molar-refractivity contribution in [1.82, 2.24) is 4.98 Å². The summed E-state index contributed by atoms with van der Waals surface area (Å²) in [5, 5.41) is 0. The second-order valence-electron chi connectivity index (χ2n) is 4.22. The van der Waals surface area contributed by atoms with Gasteiger partial charge in [-0.25, -0.2) is 0 Å². The molecule has 0 saturated heterocycles. The average Bonchev–Trinajstić information content (AvgIpc) is 2.58. The third-order valence-electron chi connectivity index (χ3n) is 2.40. The predicted molar refractivity (Wildman–Crippen MR) is 60.8 cm³/mol. The quantitative estimate of drug-likeness (QED) is 0.688. The van der Waals surface area contributed by atoms with Crippen LogP contribution in [0.25, 0.3) is 5.57 Å². The van der Waals surface area contributed by atoms with Crippen LogP contribution in [-0.2, 0) is 0 Å². The number of hydrogen-bond donors (Lipinski definition) is 1. The first-order valence-electron chi connectivity index (χ1n) is 4.90. The Labute approximate surface area is 84.9 Å². The van der Waals surface area contributed by atoms with Crippen molar-refractivity contribution < 1.29 is 0 Å². The van der Waals surface area contributed by atoms with Crippen LogP contribution in [0.5, 0.6) is 0 Å². The van der Waals surface area contributed by atoms with Crippen molar-refractivity contribution in [2.45, 2.75) is 13.8 Å². The Morgan fingerprint density at radius 3 is 2.79 bits per heavy atom. The van der Waals surface area contributed by atoms with Gasteiger partial charge in [0.05, 0.1) is 0 Å².